The largest absolute Gasteiger partial charge is 0.381 e. The summed E-state index contributed by atoms with van der Waals surface area (Å²) in [6.07, 6.45) is 5.85. The molecule has 3 saturated carbocycles. The lowest BCUT2D eigenvalue weighted by Gasteiger charge is -2.62. The van der Waals surface area contributed by atoms with Crippen molar-refractivity contribution in [3.8, 4) is 0 Å². The molecule has 0 radical (unpaired) electrons. The Bertz CT molecular complexity index is 849. The van der Waals surface area contributed by atoms with Crippen LogP contribution in [0.1, 0.15) is 46.5 Å². The molecule has 1 aromatic rings. The van der Waals surface area contributed by atoms with Crippen molar-refractivity contribution in [1.29, 1.82) is 0 Å². The highest BCUT2D eigenvalue weighted by molar-refractivity contribution is 6.32. The van der Waals surface area contributed by atoms with Gasteiger partial charge in [0.05, 0.1) is 11.9 Å². The van der Waals surface area contributed by atoms with Crippen LogP contribution in [0.3, 0.4) is 0 Å². The van der Waals surface area contributed by atoms with Crippen molar-refractivity contribution >= 4 is 23.2 Å². The molecule has 4 atom stereocenters. The van der Waals surface area contributed by atoms with Crippen LogP contribution in [0.15, 0.2) is 11.0 Å². The lowest BCUT2D eigenvalue weighted by Crippen LogP contribution is -2.58. The minimum atomic E-state index is -0.433. The van der Waals surface area contributed by atoms with Crippen molar-refractivity contribution in [2.24, 2.45) is 29.1 Å². The Kier molecular flexibility index (Phi) is 6.13. The highest BCUT2D eigenvalue weighted by Crippen LogP contribution is 2.61. The minimum Gasteiger partial charge on any atom is -0.381 e. The van der Waals surface area contributed by atoms with Crippen LogP contribution < -0.4 is 16.2 Å². The number of hydrogen-bond donors (Lipinski definition) is 2. The van der Waals surface area contributed by atoms with Crippen LogP contribution in [0.5, 0.6) is 0 Å². The standard InChI is InChI=1S/C22H33ClN4O3/c1-13-16-8-15(22(16,2)3)9-17(13)26-18-11-25-27(21(29)20(18)23)12-19(28)24-10-14-4-6-30-7-5-14/h11,13-17,26H,4-10,12H2,1-3H3,(H,24,28)/t13-,15+,16-,17-/m1/s1. The SMILES string of the molecule is C[C@@H]1[C@H]2C[C@@H](C[C@H]1Nc1cnn(CC(=O)NCC3CCOCC3)c(=O)c1Cl)C2(C)C. The van der Waals surface area contributed by atoms with Crippen molar-refractivity contribution < 1.29 is 9.53 Å². The van der Waals surface area contributed by atoms with E-state index < -0.39 is 5.56 Å². The molecule has 0 spiro atoms. The maximum atomic E-state index is 12.7. The van der Waals surface area contributed by atoms with E-state index in [1.165, 1.54) is 6.42 Å². The smallest absolute Gasteiger partial charge is 0.288 e. The van der Waals surface area contributed by atoms with E-state index in [0.717, 1.165) is 37.2 Å². The zero-order chi connectivity index (χ0) is 21.5. The van der Waals surface area contributed by atoms with Crippen LogP contribution in [0, 0.1) is 29.1 Å². The summed E-state index contributed by atoms with van der Waals surface area (Å²) in [5.41, 5.74) is 0.537. The molecule has 3 aliphatic carbocycles. The number of aromatic nitrogens is 2. The van der Waals surface area contributed by atoms with Crippen LogP contribution in [-0.2, 0) is 16.1 Å². The number of nitrogens with one attached hydrogen (secondary N) is 2. The normalized spacial score (nSPS) is 30.4. The predicted molar refractivity (Wildman–Crippen MR) is 117 cm³/mol. The van der Waals surface area contributed by atoms with E-state index >= 15 is 0 Å². The molecule has 2 heterocycles. The molecule has 30 heavy (non-hydrogen) atoms. The third kappa shape index (κ3) is 4.11. The summed E-state index contributed by atoms with van der Waals surface area (Å²) >= 11 is 6.37. The fourth-order valence-electron chi connectivity index (χ4n) is 5.62. The number of halogens is 1. The van der Waals surface area contributed by atoms with Crippen molar-refractivity contribution in [1.82, 2.24) is 15.1 Å². The number of carbonyl (C=O) groups excluding carboxylic acids is 1. The van der Waals surface area contributed by atoms with Crippen molar-refractivity contribution in [2.75, 3.05) is 25.1 Å². The predicted octanol–water partition coefficient (Wildman–Crippen LogP) is 2.92. The number of rotatable bonds is 6. The van der Waals surface area contributed by atoms with Gasteiger partial charge in [-0.1, -0.05) is 32.4 Å². The molecule has 1 aliphatic heterocycles. The van der Waals surface area contributed by atoms with Crippen molar-refractivity contribution in [2.45, 2.75) is 59.0 Å². The molecule has 5 rings (SSSR count). The Morgan fingerprint density at radius 2 is 2.07 bits per heavy atom. The number of ether oxygens (including phenoxy) is 1. The van der Waals surface area contributed by atoms with Gasteiger partial charge in [-0.25, -0.2) is 4.68 Å². The van der Waals surface area contributed by atoms with E-state index in [4.69, 9.17) is 16.3 Å². The maximum absolute atomic E-state index is 12.7. The Morgan fingerprint density at radius 3 is 2.73 bits per heavy atom. The summed E-state index contributed by atoms with van der Waals surface area (Å²) in [5.74, 6) is 2.12. The first-order valence-corrected chi connectivity index (χ1v) is 11.5. The first-order chi connectivity index (χ1) is 14.3. The van der Waals surface area contributed by atoms with Gasteiger partial charge in [-0.2, -0.15) is 5.10 Å². The third-order valence-electron chi connectivity index (χ3n) is 7.90. The maximum Gasteiger partial charge on any atom is 0.288 e. The molecule has 7 nitrogen and oxygen atoms in total. The minimum absolute atomic E-state index is 0.105. The highest BCUT2D eigenvalue weighted by atomic mass is 35.5. The second-order valence-electron chi connectivity index (χ2n) is 9.90. The highest BCUT2D eigenvalue weighted by Gasteiger charge is 2.56. The summed E-state index contributed by atoms with van der Waals surface area (Å²) in [6, 6.07) is 0.291. The van der Waals surface area contributed by atoms with Crippen LogP contribution >= 0.6 is 11.6 Å². The van der Waals surface area contributed by atoms with E-state index in [-0.39, 0.29) is 17.5 Å². The zero-order valence-corrected chi connectivity index (χ0v) is 18.9. The first kappa shape index (κ1) is 21.6. The number of fused-ring (bicyclic) bond motifs is 2. The Labute approximate surface area is 182 Å². The van der Waals surface area contributed by atoms with E-state index in [0.29, 0.717) is 47.4 Å². The van der Waals surface area contributed by atoms with Gasteiger partial charge in [-0.15, -0.1) is 0 Å². The average Bonchev–Trinajstić information content (AvgIpc) is 2.73. The summed E-state index contributed by atoms with van der Waals surface area (Å²) in [5, 5.41) is 10.7. The molecule has 2 bridgehead atoms. The molecule has 1 aromatic heterocycles. The molecular weight excluding hydrogens is 404 g/mol. The molecule has 0 aromatic carbocycles. The van der Waals surface area contributed by atoms with Gasteiger partial charge in [0, 0.05) is 25.8 Å². The van der Waals surface area contributed by atoms with Gasteiger partial charge < -0.3 is 15.4 Å². The summed E-state index contributed by atoms with van der Waals surface area (Å²) < 4.78 is 6.47. The van der Waals surface area contributed by atoms with Gasteiger partial charge >= 0.3 is 0 Å². The number of anilines is 1. The van der Waals surface area contributed by atoms with Crippen molar-refractivity contribution in [3.63, 3.8) is 0 Å². The topological polar surface area (TPSA) is 85.2 Å². The zero-order valence-electron chi connectivity index (χ0n) is 18.1. The van der Waals surface area contributed by atoms with Gasteiger partial charge in [-0.05, 0) is 54.8 Å². The molecule has 4 aliphatic rings. The fourth-order valence-corrected chi connectivity index (χ4v) is 5.82. The van der Waals surface area contributed by atoms with Crippen LogP contribution in [0.2, 0.25) is 5.02 Å². The number of nitrogens with zero attached hydrogens (tertiary/aromatic N) is 2. The first-order valence-electron chi connectivity index (χ1n) is 11.1. The Hall–Kier alpha value is -1.60. The molecule has 1 amide bonds. The molecule has 0 unspecified atom stereocenters. The summed E-state index contributed by atoms with van der Waals surface area (Å²) in [4.78, 5) is 24.9. The van der Waals surface area contributed by atoms with Gasteiger partial charge in [-0.3, -0.25) is 9.59 Å². The van der Waals surface area contributed by atoms with Crippen molar-refractivity contribution in [3.05, 3.63) is 21.6 Å². The van der Waals surface area contributed by atoms with Gasteiger partial charge in [0.1, 0.15) is 11.6 Å². The Balaban J connectivity index is 1.35. The Morgan fingerprint density at radius 1 is 1.33 bits per heavy atom. The fraction of sp³-hybridized carbons (Fsp3) is 0.773. The lowest BCUT2D eigenvalue weighted by molar-refractivity contribution is -0.122. The molecule has 2 N–H and O–H groups in total. The summed E-state index contributed by atoms with van der Waals surface area (Å²) in [7, 11) is 0. The number of carbonyl (C=O) groups is 1. The summed E-state index contributed by atoms with van der Waals surface area (Å²) in [6.45, 7) is 8.96. The van der Waals surface area contributed by atoms with E-state index in [1.807, 2.05) is 0 Å². The lowest BCUT2D eigenvalue weighted by atomic mass is 9.45. The monoisotopic (exact) mass is 436 g/mol. The van der Waals surface area contributed by atoms with E-state index in [1.54, 1.807) is 6.20 Å². The van der Waals surface area contributed by atoms with E-state index in [2.05, 4.69) is 36.5 Å². The molecule has 166 valence electrons. The van der Waals surface area contributed by atoms with Crippen LogP contribution in [0.4, 0.5) is 5.69 Å². The van der Waals surface area contributed by atoms with E-state index in [9.17, 15) is 9.59 Å². The molecular formula is C22H33ClN4O3. The van der Waals surface area contributed by atoms with Crippen LogP contribution in [0.25, 0.3) is 0 Å². The second kappa shape index (κ2) is 8.50. The molecule has 4 fully saturated rings. The van der Waals surface area contributed by atoms with Gasteiger partial charge in [0.15, 0.2) is 0 Å². The second-order valence-corrected chi connectivity index (χ2v) is 10.3. The number of hydrogen-bond acceptors (Lipinski definition) is 5. The molecule has 8 heteroatoms. The average molecular weight is 437 g/mol. The van der Waals surface area contributed by atoms with Gasteiger partial charge in [0.25, 0.3) is 5.56 Å². The third-order valence-corrected chi connectivity index (χ3v) is 8.27. The number of amides is 1. The molecule has 1 saturated heterocycles. The van der Waals surface area contributed by atoms with Crippen LogP contribution in [-0.4, -0.2) is 41.5 Å². The van der Waals surface area contributed by atoms with Gasteiger partial charge in [0.2, 0.25) is 5.91 Å². The quantitative estimate of drug-likeness (QED) is 0.716.